The molecule has 2 aromatic rings. The van der Waals surface area contributed by atoms with Crippen LogP contribution in [0.15, 0.2) is 12.1 Å². The number of aromatic amines is 1. The van der Waals surface area contributed by atoms with E-state index in [1.807, 2.05) is 6.07 Å². The van der Waals surface area contributed by atoms with Crippen molar-refractivity contribution in [2.24, 2.45) is 5.73 Å². The van der Waals surface area contributed by atoms with E-state index < -0.39 is 18.2 Å². The molecular formula is C18H22N2O4. The zero-order valence-corrected chi connectivity index (χ0v) is 14.0. The van der Waals surface area contributed by atoms with Crippen molar-refractivity contribution in [2.45, 2.75) is 45.8 Å². The third kappa shape index (κ3) is 2.89. The highest BCUT2D eigenvalue weighted by Gasteiger charge is 2.29. The first kappa shape index (κ1) is 16.5. The summed E-state index contributed by atoms with van der Waals surface area (Å²) in [6.45, 7) is 3.91. The molecule has 1 aliphatic heterocycles. The third-order valence-corrected chi connectivity index (χ3v) is 4.37. The molecule has 0 fully saturated rings. The molecule has 6 nitrogen and oxygen atoms in total. The van der Waals surface area contributed by atoms with Gasteiger partial charge in [0.15, 0.2) is 0 Å². The lowest BCUT2D eigenvalue weighted by molar-refractivity contribution is -0.181. The van der Waals surface area contributed by atoms with Crippen LogP contribution in [0.4, 0.5) is 0 Å². The lowest BCUT2D eigenvalue weighted by atomic mass is 9.96. The predicted molar refractivity (Wildman–Crippen MR) is 89.6 cm³/mol. The summed E-state index contributed by atoms with van der Waals surface area (Å²) in [6, 6.07) is 3.74. The van der Waals surface area contributed by atoms with E-state index in [0.717, 1.165) is 41.3 Å². The van der Waals surface area contributed by atoms with Crippen LogP contribution in [0.3, 0.4) is 0 Å². The maximum absolute atomic E-state index is 11.9. The molecule has 1 aromatic heterocycles. The molecular weight excluding hydrogens is 308 g/mol. The number of unbranched alkanes of at least 4 members (excludes halogenated alkanes) is 1. The van der Waals surface area contributed by atoms with Gasteiger partial charge in [-0.25, -0.2) is 0 Å². The summed E-state index contributed by atoms with van der Waals surface area (Å²) < 4.78 is 10.8. The molecule has 0 saturated carbocycles. The van der Waals surface area contributed by atoms with Gasteiger partial charge in [-0.1, -0.05) is 19.4 Å². The fourth-order valence-electron chi connectivity index (χ4n) is 3.28. The summed E-state index contributed by atoms with van der Waals surface area (Å²) in [4.78, 5) is 26.5. The predicted octanol–water partition coefficient (Wildman–Crippen LogP) is 2.74. The minimum absolute atomic E-state index is 0.409. The van der Waals surface area contributed by atoms with Gasteiger partial charge in [0.05, 0.1) is 17.8 Å². The second-order valence-corrected chi connectivity index (χ2v) is 6.07. The van der Waals surface area contributed by atoms with Gasteiger partial charge in [-0.3, -0.25) is 9.59 Å². The summed E-state index contributed by atoms with van der Waals surface area (Å²) >= 11 is 0. The molecule has 0 aliphatic carbocycles. The number of carbonyl (C=O) groups is 2. The van der Waals surface area contributed by atoms with Crippen molar-refractivity contribution < 1.29 is 19.1 Å². The second kappa shape index (κ2) is 6.65. The van der Waals surface area contributed by atoms with E-state index in [9.17, 15) is 9.59 Å². The molecule has 2 heterocycles. The van der Waals surface area contributed by atoms with Gasteiger partial charge in [-0.05, 0) is 36.5 Å². The number of H-pyrrole nitrogens is 1. The molecule has 0 radical (unpaired) electrons. The Balaban J connectivity index is 2.19. The highest BCUT2D eigenvalue weighted by molar-refractivity contribution is 6.08. The van der Waals surface area contributed by atoms with Gasteiger partial charge in [0.1, 0.15) is 0 Å². The van der Waals surface area contributed by atoms with Crippen LogP contribution in [0, 0.1) is 0 Å². The number of hydrogen-bond donors (Lipinski definition) is 2. The quantitative estimate of drug-likeness (QED) is 0.824. The Labute approximate surface area is 140 Å². The zero-order chi connectivity index (χ0) is 17.3. The van der Waals surface area contributed by atoms with Crippen LogP contribution in [-0.2, 0) is 27.1 Å². The molecule has 3 N–H and O–H groups in total. The molecule has 0 spiro atoms. The van der Waals surface area contributed by atoms with Crippen molar-refractivity contribution in [3.05, 3.63) is 34.5 Å². The van der Waals surface area contributed by atoms with Gasteiger partial charge < -0.3 is 20.2 Å². The van der Waals surface area contributed by atoms with Crippen LogP contribution in [0.25, 0.3) is 10.9 Å². The number of rotatable bonds is 5. The van der Waals surface area contributed by atoms with Crippen molar-refractivity contribution in [1.82, 2.24) is 4.98 Å². The van der Waals surface area contributed by atoms with Gasteiger partial charge in [0, 0.05) is 17.9 Å². The van der Waals surface area contributed by atoms with Crippen LogP contribution in [-0.4, -0.2) is 23.5 Å². The lowest BCUT2D eigenvalue weighted by Gasteiger charge is -2.22. The normalized spacial score (nSPS) is 16.8. The van der Waals surface area contributed by atoms with Crippen molar-refractivity contribution in [3.63, 3.8) is 0 Å². The smallest absolute Gasteiger partial charge is 0.305 e. The SMILES string of the molecule is CCCCc1ccc(C(N)=O)c2c3c([nH]c12)C(OC(C)=O)OCC3. The largest absolute Gasteiger partial charge is 0.430 e. The van der Waals surface area contributed by atoms with Crippen molar-refractivity contribution in [1.29, 1.82) is 0 Å². The molecule has 1 amide bonds. The van der Waals surface area contributed by atoms with Crippen molar-refractivity contribution in [2.75, 3.05) is 6.61 Å². The Morgan fingerprint density at radius 1 is 1.42 bits per heavy atom. The summed E-state index contributed by atoms with van der Waals surface area (Å²) in [7, 11) is 0. The molecule has 0 saturated heterocycles. The summed E-state index contributed by atoms with van der Waals surface area (Å²) in [5.41, 5.74) is 9.75. The van der Waals surface area contributed by atoms with Crippen LogP contribution in [0.1, 0.15) is 60.2 Å². The van der Waals surface area contributed by atoms with Gasteiger partial charge in [-0.2, -0.15) is 0 Å². The second-order valence-electron chi connectivity index (χ2n) is 6.07. The first-order chi connectivity index (χ1) is 11.5. The molecule has 128 valence electrons. The highest BCUT2D eigenvalue weighted by atomic mass is 16.7. The Kier molecular flexibility index (Phi) is 4.57. The number of fused-ring (bicyclic) bond motifs is 3. The van der Waals surface area contributed by atoms with E-state index in [0.29, 0.717) is 24.3 Å². The lowest BCUT2D eigenvalue weighted by Crippen LogP contribution is -2.20. The maximum Gasteiger partial charge on any atom is 0.305 e. The minimum atomic E-state index is -0.765. The van der Waals surface area contributed by atoms with Crippen LogP contribution in [0.2, 0.25) is 0 Å². The number of ether oxygens (including phenoxy) is 2. The molecule has 1 aliphatic rings. The molecule has 0 bridgehead atoms. The number of esters is 1. The average molecular weight is 330 g/mol. The zero-order valence-electron chi connectivity index (χ0n) is 14.0. The number of benzene rings is 1. The molecule has 3 rings (SSSR count). The van der Waals surface area contributed by atoms with Crippen molar-refractivity contribution in [3.8, 4) is 0 Å². The molecule has 1 atom stereocenters. The fraction of sp³-hybridized carbons (Fsp3) is 0.444. The number of nitrogens with one attached hydrogen (secondary N) is 1. The van der Waals surface area contributed by atoms with E-state index in [4.69, 9.17) is 15.2 Å². The van der Waals surface area contributed by atoms with Crippen molar-refractivity contribution >= 4 is 22.8 Å². The fourth-order valence-corrected chi connectivity index (χ4v) is 3.28. The minimum Gasteiger partial charge on any atom is -0.430 e. The monoisotopic (exact) mass is 330 g/mol. The number of nitrogens with two attached hydrogens (primary N) is 1. The van der Waals surface area contributed by atoms with Crippen LogP contribution >= 0.6 is 0 Å². The molecule has 1 aromatic carbocycles. The number of primary amides is 1. The molecule has 24 heavy (non-hydrogen) atoms. The number of amides is 1. The standard InChI is InChI=1S/C18H22N2O4/c1-3-4-5-11-6-7-13(17(19)22)14-12-8-9-23-18(24-10(2)21)16(12)20-15(11)14/h6-7,18,20H,3-5,8-9H2,1-2H3,(H2,19,22). The Hall–Kier alpha value is -2.34. The number of aryl methyl sites for hydroxylation is 1. The number of aromatic nitrogens is 1. The Morgan fingerprint density at radius 3 is 2.88 bits per heavy atom. The third-order valence-electron chi connectivity index (χ3n) is 4.37. The van der Waals surface area contributed by atoms with E-state index in [1.54, 1.807) is 6.07 Å². The Morgan fingerprint density at radius 2 is 2.21 bits per heavy atom. The maximum atomic E-state index is 11.9. The summed E-state index contributed by atoms with van der Waals surface area (Å²) in [5, 5.41) is 0.839. The Bertz CT molecular complexity index is 794. The molecule has 1 unspecified atom stereocenters. The van der Waals surface area contributed by atoms with Gasteiger partial charge in [0.25, 0.3) is 0 Å². The first-order valence-corrected chi connectivity index (χ1v) is 8.27. The first-order valence-electron chi connectivity index (χ1n) is 8.27. The van der Waals surface area contributed by atoms with Gasteiger partial charge in [-0.15, -0.1) is 0 Å². The van der Waals surface area contributed by atoms with E-state index in [1.165, 1.54) is 6.92 Å². The van der Waals surface area contributed by atoms with E-state index in [-0.39, 0.29) is 0 Å². The summed E-state index contributed by atoms with van der Waals surface area (Å²) in [6.07, 6.45) is 2.92. The summed E-state index contributed by atoms with van der Waals surface area (Å²) in [5.74, 6) is -0.868. The van der Waals surface area contributed by atoms with Gasteiger partial charge in [0.2, 0.25) is 12.2 Å². The molecule has 6 heteroatoms. The van der Waals surface area contributed by atoms with E-state index in [2.05, 4.69) is 11.9 Å². The average Bonchev–Trinajstić information content (AvgIpc) is 2.93. The van der Waals surface area contributed by atoms with Gasteiger partial charge >= 0.3 is 5.97 Å². The number of carbonyl (C=O) groups excluding carboxylic acids is 2. The number of hydrogen-bond acceptors (Lipinski definition) is 4. The van der Waals surface area contributed by atoms with E-state index >= 15 is 0 Å². The van der Waals surface area contributed by atoms with Crippen LogP contribution < -0.4 is 5.73 Å². The van der Waals surface area contributed by atoms with Crippen LogP contribution in [0.5, 0.6) is 0 Å². The topological polar surface area (TPSA) is 94.4 Å². The highest BCUT2D eigenvalue weighted by Crippen LogP contribution is 2.36.